The van der Waals surface area contributed by atoms with E-state index in [2.05, 4.69) is 15.9 Å². The zero-order valence-electron chi connectivity index (χ0n) is 6.68. The van der Waals surface area contributed by atoms with Crippen LogP contribution in [0.5, 0.6) is 0 Å². The Hall–Kier alpha value is -0.610. The number of thiophene rings is 1. The van der Waals surface area contributed by atoms with Crippen molar-refractivity contribution in [2.45, 2.75) is 5.33 Å². The first-order valence-electron chi connectivity index (χ1n) is 3.74. The van der Waals surface area contributed by atoms with Crippen LogP contribution in [0.1, 0.15) is 5.56 Å². The fourth-order valence-electron chi connectivity index (χ4n) is 1.30. The van der Waals surface area contributed by atoms with Gasteiger partial charge in [0.2, 0.25) is 0 Å². The summed E-state index contributed by atoms with van der Waals surface area (Å²) < 4.78 is 14.4. The third kappa shape index (κ3) is 1.34. The highest BCUT2D eigenvalue weighted by molar-refractivity contribution is 9.08. The van der Waals surface area contributed by atoms with Gasteiger partial charge in [-0.15, -0.1) is 11.3 Å². The van der Waals surface area contributed by atoms with Crippen molar-refractivity contribution in [2.24, 2.45) is 0 Å². The van der Waals surface area contributed by atoms with Crippen molar-refractivity contribution in [2.75, 3.05) is 5.73 Å². The van der Waals surface area contributed by atoms with Crippen LogP contribution in [0.2, 0.25) is 0 Å². The lowest BCUT2D eigenvalue weighted by Crippen LogP contribution is -1.92. The first kappa shape index (κ1) is 8.97. The van der Waals surface area contributed by atoms with Crippen LogP contribution in [0.4, 0.5) is 10.1 Å². The highest BCUT2D eigenvalue weighted by atomic mass is 79.9. The second-order valence-electron chi connectivity index (χ2n) is 2.74. The fourth-order valence-corrected chi connectivity index (χ4v) is 2.84. The number of benzene rings is 1. The Kier molecular flexibility index (Phi) is 2.26. The Morgan fingerprint density at radius 2 is 2.31 bits per heavy atom. The van der Waals surface area contributed by atoms with Gasteiger partial charge in [0.25, 0.3) is 0 Å². The molecule has 2 N–H and O–H groups in total. The largest absolute Gasteiger partial charge is 0.396 e. The zero-order chi connectivity index (χ0) is 9.42. The summed E-state index contributed by atoms with van der Waals surface area (Å²) in [5.41, 5.74) is 6.80. The van der Waals surface area contributed by atoms with Gasteiger partial charge in [0.05, 0.1) is 5.69 Å². The summed E-state index contributed by atoms with van der Waals surface area (Å²) in [6, 6.07) is 3.45. The van der Waals surface area contributed by atoms with Gasteiger partial charge in [0, 0.05) is 15.4 Å². The van der Waals surface area contributed by atoms with Crippen molar-refractivity contribution in [3.8, 4) is 0 Å². The molecule has 0 saturated carbocycles. The van der Waals surface area contributed by atoms with Crippen molar-refractivity contribution in [1.29, 1.82) is 0 Å². The van der Waals surface area contributed by atoms with E-state index in [0.717, 1.165) is 10.3 Å². The van der Waals surface area contributed by atoms with Gasteiger partial charge in [-0.1, -0.05) is 15.9 Å². The molecule has 1 heterocycles. The summed E-state index contributed by atoms with van der Waals surface area (Å²) in [5, 5.41) is 3.20. The number of rotatable bonds is 1. The maximum Gasteiger partial charge on any atom is 0.154 e. The molecule has 0 saturated heterocycles. The molecule has 0 unspecified atom stereocenters. The van der Waals surface area contributed by atoms with E-state index in [1.54, 1.807) is 12.1 Å². The third-order valence-electron chi connectivity index (χ3n) is 1.92. The van der Waals surface area contributed by atoms with Crippen LogP contribution in [0.25, 0.3) is 10.1 Å². The van der Waals surface area contributed by atoms with Gasteiger partial charge in [-0.25, -0.2) is 4.39 Å². The Bertz CT molecular complexity index is 452. The monoisotopic (exact) mass is 259 g/mol. The van der Waals surface area contributed by atoms with E-state index < -0.39 is 0 Å². The average Bonchev–Trinajstić information content (AvgIpc) is 2.60. The van der Waals surface area contributed by atoms with Crippen LogP contribution in [0, 0.1) is 5.82 Å². The lowest BCUT2D eigenvalue weighted by atomic mass is 10.1. The molecular weight excluding hydrogens is 253 g/mol. The standard InChI is InChI=1S/C9H7BrFNS/c10-4-5-3-7(12)8(11)6-1-2-13-9(5)6/h1-3H,4,12H2. The molecule has 0 aliphatic rings. The van der Waals surface area contributed by atoms with Gasteiger partial charge in [-0.3, -0.25) is 0 Å². The van der Waals surface area contributed by atoms with Crippen molar-refractivity contribution in [1.82, 2.24) is 0 Å². The van der Waals surface area contributed by atoms with Crippen LogP contribution in [0.15, 0.2) is 17.5 Å². The highest BCUT2D eigenvalue weighted by Gasteiger charge is 2.09. The quantitative estimate of drug-likeness (QED) is 0.616. The SMILES string of the molecule is Nc1cc(CBr)c2sccc2c1F. The van der Waals surface area contributed by atoms with E-state index in [-0.39, 0.29) is 11.5 Å². The normalized spacial score (nSPS) is 10.9. The zero-order valence-corrected chi connectivity index (χ0v) is 9.08. The maximum atomic E-state index is 13.4. The predicted octanol–water partition coefficient (Wildman–Crippen LogP) is 3.52. The lowest BCUT2D eigenvalue weighted by molar-refractivity contribution is 0.644. The number of hydrogen-bond acceptors (Lipinski definition) is 2. The van der Waals surface area contributed by atoms with Crippen molar-refractivity contribution < 1.29 is 4.39 Å². The molecule has 2 aromatic rings. The molecule has 0 radical (unpaired) electrons. The number of halogens is 2. The summed E-state index contributed by atoms with van der Waals surface area (Å²) >= 11 is 4.89. The average molecular weight is 260 g/mol. The van der Waals surface area contributed by atoms with Crippen LogP contribution < -0.4 is 5.73 Å². The van der Waals surface area contributed by atoms with E-state index in [4.69, 9.17) is 5.73 Å². The Morgan fingerprint density at radius 1 is 1.54 bits per heavy atom. The summed E-state index contributed by atoms with van der Waals surface area (Å²) in [6.45, 7) is 0. The van der Waals surface area contributed by atoms with Crippen LogP contribution in [-0.4, -0.2) is 0 Å². The number of hydrogen-bond donors (Lipinski definition) is 1. The first-order chi connectivity index (χ1) is 6.24. The molecule has 0 amide bonds. The van der Waals surface area contributed by atoms with Crippen LogP contribution >= 0.6 is 27.3 Å². The Labute approximate surface area is 87.5 Å². The van der Waals surface area contributed by atoms with E-state index in [9.17, 15) is 4.39 Å². The maximum absolute atomic E-state index is 13.4. The van der Waals surface area contributed by atoms with Gasteiger partial charge in [-0.2, -0.15) is 0 Å². The number of nitrogens with two attached hydrogens (primary N) is 1. The number of nitrogen functional groups attached to an aromatic ring is 1. The van der Waals surface area contributed by atoms with Gasteiger partial charge >= 0.3 is 0 Å². The van der Waals surface area contributed by atoms with Crippen LogP contribution in [-0.2, 0) is 5.33 Å². The predicted molar refractivity (Wildman–Crippen MR) is 58.8 cm³/mol. The number of alkyl halides is 1. The summed E-state index contributed by atoms with van der Waals surface area (Å²) in [4.78, 5) is 0. The molecule has 0 bridgehead atoms. The molecule has 0 atom stereocenters. The molecule has 0 aliphatic carbocycles. The number of fused-ring (bicyclic) bond motifs is 1. The lowest BCUT2D eigenvalue weighted by Gasteiger charge is -2.02. The van der Waals surface area contributed by atoms with E-state index in [0.29, 0.717) is 10.7 Å². The number of anilines is 1. The van der Waals surface area contributed by atoms with Crippen molar-refractivity contribution in [3.63, 3.8) is 0 Å². The minimum absolute atomic E-state index is 0.223. The summed E-state index contributed by atoms with van der Waals surface area (Å²) in [6.07, 6.45) is 0. The molecular formula is C9H7BrFNS. The third-order valence-corrected chi connectivity index (χ3v) is 3.51. The molecule has 0 aliphatic heterocycles. The second-order valence-corrected chi connectivity index (χ2v) is 4.21. The Morgan fingerprint density at radius 3 is 3.00 bits per heavy atom. The summed E-state index contributed by atoms with van der Waals surface area (Å²) in [5.74, 6) is -0.305. The minimum atomic E-state index is -0.305. The smallest absolute Gasteiger partial charge is 0.154 e. The van der Waals surface area contributed by atoms with Crippen molar-refractivity contribution in [3.05, 3.63) is 28.9 Å². The second kappa shape index (κ2) is 3.27. The molecule has 0 spiro atoms. The Balaban J connectivity index is 2.87. The van der Waals surface area contributed by atoms with Gasteiger partial charge in [0.1, 0.15) is 0 Å². The van der Waals surface area contributed by atoms with Crippen molar-refractivity contribution >= 4 is 43.0 Å². The molecule has 1 aromatic carbocycles. The topological polar surface area (TPSA) is 26.0 Å². The molecule has 68 valence electrons. The van der Waals surface area contributed by atoms with E-state index in [1.807, 2.05) is 5.38 Å². The van der Waals surface area contributed by atoms with Gasteiger partial charge in [0.15, 0.2) is 5.82 Å². The molecule has 13 heavy (non-hydrogen) atoms. The molecule has 0 fully saturated rings. The van der Waals surface area contributed by atoms with E-state index in [1.165, 1.54) is 11.3 Å². The van der Waals surface area contributed by atoms with Gasteiger partial charge < -0.3 is 5.73 Å². The first-order valence-corrected chi connectivity index (χ1v) is 5.74. The molecule has 1 aromatic heterocycles. The van der Waals surface area contributed by atoms with E-state index >= 15 is 0 Å². The minimum Gasteiger partial charge on any atom is -0.396 e. The fraction of sp³-hybridized carbons (Fsp3) is 0.111. The molecule has 4 heteroatoms. The molecule has 2 rings (SSSR count). The highest BCUT2D eigenvalue weighted by Crippen LogP contribution is 2.31. The summed E-state index contributed by atoms with van der Waals surface area (Å²) in [7, 11) is 0. The van der Waals surface area contributed by atoms with Crippen LogP contribution in [0.3, 0.4) is 0 Å². The van der Waals surface area contributed by atoms with Gasteiger partial charge in [-0.05, 0) is 23.1 Å². The molecule has 1 nitrogen and oxygen atoms in total.